The number of aliphatic carboxylic acids is 1. The van der Waals surface area contributed by atoms with E-state index in [-0.39, 0.29) is 25.0 Å². The number of amides is 2. The summed E-state index contributed by atoms with van der Waals surface area (Å²) in [7, 11) is 0. The molecule has 1 fully saturated rings. The van der Waals surface area contributed by atoms with Gasteiger partial charge in [0.25, 0.3) is 0 Å². The number of hydrogen-bond donors (Lipinski definition) is 2. The zero-order valence-corrected chi connectivity index (χ0v) is 11.5. The van der Waals surface area contributed by atoms with E-state index in [4.69, 9.17) is 5.26 Å². The third kappa shape index (κ3) is 3.60. The van der Waals surface area contributed by atoms with Crippen molar-refractivity contribution in [3.8, 4) is 6.07 Å². The van der Waals surface area contributed by atoms with Crippen LogP contribution in [0.25, 0.3) is 0 Å². The normalized spacial score (nSPS) is 16.3. The smallest absolute Gasteiger partial charge is 0.317 e. The molecule has 1 aliphatic rings. The Morgan fingerprint density at radius 2 is 2.11 bits per heavy atom. The lowest BCUT2D eigenvalue weighted by Crippen LogP contribution is -2.52. The minimum absolute atomic E-state index is 0.0180. The number of nitrogens with one attached hydrogen (secondary N) is 1. The minimum Gasteiger partial charge on any atom is -0.481 e. The Hall–Kier alpha value is -1.77. The van der Waals surface area contributed by atoms with Crippen molar-refractivity contribution in [1.29, 1.82) is 5.26 Å². The van der Waals surface area contributed by atoms with Gasteiger partial charge in [-0.05, 0) is 26.7 Å². The van der Waals surface area contributed by atoms with Crippen LogP contribution in [0.3, 0.4) is 0 Å². The molecule has 0 unspecified atom stereocenters. The minimum atomic E-state index is -0.841. The summed E-state index contributed by atoms with van der Waals surface area (Å²) in [5.74, 6) is -0.841. The first-order valence-corrected chi connectivity index (χ1v) is 6.58. The highest BCUT2D eigenvalue weighted by Gasteiger charge is 2.44. The Bertz CT molecular complexity index is 383. The van der Waals surface area contributed by atoms with E-state index >= 15 is 0 Å². The predicted molar refractivity (Wildman–Crippen MR) is 69.4 cm³/mol. The number of carbonyl (C=O) groups is 2. The van der Waals surface area contributed by atoms with Gasteiger partial charge in [0.15, 0.2) is 0 Å². The Labute approximate surface area is 113 Å². The largest absolute Gasteiger partial charge is 0.481 e. The van der Waals surface area contributed by atoms with Gasteiger partial charge in [0, 0.05) is 19.1 Å². The fourth-order valence-corrected chi connectivity index (χ4v) is 2.18. The Morgan fingerprint density at radius 3 is 2.47 bits per heavy atom. The molecule has 0 bridgehead atoms. The molecule has 0 spiro atoms. The number of carboxylic acid groups (broad SMARTS) is 1. The summed E-state index contributed by atoms with van der Waals surface area (Å²) >= 11 is 0. The maximum Gasteiger partial charge on any atom is 0.317 e. The molecule has 1 rings (SSSR count). The van der Waals surface area contributed by atoms with Crippen molar-refractivity contribution in [3.63, 3.8) is 0 Å². The summed E-state index contributed by atoms with van der Waals surface area (Å²) in [6, 6.07) is 1.69. The topological polar surface area (TPSA) is 93.4 Å². The molecule has 0 saturated heterocycles. The van der Waals surface area contributed by atoms with Crippen LogP contribution in [0.5, 0.6) is 0 Å². The van der Waals surface area contributed by atoms with E-state index in [2.05, 4.69) is 5.32 Å². The maximum atomic E-state index is 12.0. The summed E-state index contributed by atoms with van der Waals surface area (Å²) in [6.45, 7) is 4.26. The lowest BCUT2D eigenvalue weighted by molar-refractivity contribution is -0.153. The highest BCUT2D eigenvalue weighted by atomic mass is 16.4. The van der Waals surface area contributed by atoms with Crippen molar-refractivity contribution in [2.45, 2.75) is 45.6 Å². The number of urea groups is 1. The van der Waals surface area contributed by atoms with Crippen LogP contribution < -0.4 is 5.32 Å². The molecule has 1 aliphatic carbocycles. The quantitative estimate of drug-likeness (QED) is 0.764. The third-order valence-electron chi connectivity index (χ3n) is 3.69. The van der Waals surface area contributed by atoms with Gasteiger partial charge in [-0.15, -0.1) is 0 Å². The van der Waals surface area contributed by atoms with Gasteiger partial charge < -0.3 is 15.3 Å². The first kappa shape index (κ1) is 15.3. The molecule has 0 aromatic heterocycles. The van der Waals surface area contributed by atoms with Gasteiger partial charge >= 0.3 is 12.0 Å². The van der Waals surface area contributed by atoms with Crippen LogP contribution >= 0.6 is 0 Å². The Balaban J connectivity index is 2.53. The second-order valence-electron chi connectivity index (χ2n) is 5.29. The first-order chi connectivity index (χ1) is 8.93. The van der Waals surface area contributed by atoms with Crippen molar-refractivity contribution in [2.24, 2.45) is 5.41 Å². The predicted octanol–water partition coefficient (Wildman–Crippen LogP) is 1.57. The Kier molecular flexibility index (Phi) is 5.16. The number of carbonyl (C=O) groups excluding carboxylic acids is 1. The van der Waals surface area contributed by atoms with E-state index in [0.29, 0.717) is 19.4 Å². The highest BCUT2D eigenvalue weighted by Crippen LogP contribution is 2.40. The molecule has 0 aromatic carbocycles. The molecule has 6 nitrogen and oxygen atoms in total. The number of nitrogens with zero attached hydrogens (tertiary/aromatic N) is 2. The molecule has 1 saturated carbocycles. The lowest BCUT2D eigenvalue weighted by Gasteiger charge is -2.38. The number of hydrogen-bond acceptors (Lipinski definition) is 3. The maximum absolute atomic E-state index is 12.0. The first-order valence-electron chi connectivity index (χ1n) is 6.58. The van der Waals surface area contributed by atoms with Gasteiger partial charge in [-0.2, -0.15) is 5.26 Å². The zero-order chi connectivity index (χ0) is 14.5. The molecule has 6 heteroatoms. The van der Waals surface area contributed by atoms with Gasteiger partial charge in [0.2, 0.25) is 0 Å². The van der Waals surface area contributed by atoms with Gasteiger partial charge in [-0.3, -0.25) is 4.79 Å². The molecule has 0 aromatic rings. The molecule has 0 radical (unpaired) electrons. The SMILES string of the molecule is CC(C)N(CCC#N)C(=O)NCC1(C(=O)O)CCC1. The van der Waals surface area contributed by atoms with Crippen LogP contribution in [0, 0.1) is 16.7 Å². The molecular formula is C13H21N3O3. The summed E-state index contributed by atoms with van der Waals surface area (Å²) in [5.41, 5.74) is -0.784. The second kappa shape index (κ2) is 6.41. The van der Waals surface area contributed by atoms with E-state index in [1.54, 1.807) is 4.90 Å². The lowest BCUT2D eigenvalue weighted by atomic mass is 9.69. The molecule has 2 amide bonds. The fourth-order valence-electron chi connectivity index (χ4n) is 2.18. The van der Waals surface area contributed by atoms with Crippen molar-refractivity contribution < 1.29 is 14.7 Å². The van der Waals surface area contributed by atoms with Crippen molar-refractivity contribution in [1.82, 2.24) is 10.2 Å². The van der Waals surface area contributed by atoms with E-state index in [9.17, 15) is 14.7 Å². The molecule has 2 N–H and O–H groups in total. The van der Waals surface area contributed by atoms with Crippen molar-refractivity contribution in [2.75, 3.05) is 13.1 Å². The zero-order valence-electron chi connectivity index (χ0n) is 11.5. The molecule has 106 valence electrons. The average Bonchev–Trinajstić information content (AvgIpc) is 2.27. The van der Waals surface area contributed by atoms with E-state index < -0.39 is 11.4 Å². The standard InChI is InChI=1S/C13H21N3O3/c1-10(2)16(8-4-7-14)12(19)15-9-13(11(17)18)5-3-6-13/h10H,3-6,8-9H2,1-2H3,(H,15,19)(H,17,18). The third-order valence-corrected chi connectivity index (χ3v) is 3.69. The van der Waals surface area contributed by atoms with Crippen LogP contribution in [0.1, 0.15) is 39.5 Å². The number of nitriles is 1. The summed E-state index contributed by atoms with van der Waals surface area (Å²) in [5, 5.41) is 20.4. The monoisotopic (exact) mass is 267 g/mol. The van der Waals surface area contributed by atoms with Crippen molar-refractivity contribution >= 4 is 12.0 Å². The summed E-state index contributed by atoms with van der Waals surface area (Å²) < 4.78 is 0. The highest BCUT2D eigenvalue weighted by molar-refractivity contribution is 5.79. The van der Waals surface area contributed by atoms with Crippen LogP contribution in [-0.4, -0.2) is 41.1 Å². The molecule has 0 atom stereocenters. The second-order valence-corrected chi connectivity index (χ2v) is 5.29. The number of carboxylic acids is 1. The summed E-state index contributed by atoms with van der Waals surface area (Å²) in [4.78, 5) is 24.7. The molecule has 19 heavy (non-hydrogen) atoms. The van der Waals surface area contributed by atoms with E-state index in [0.717, 1.165) is 6.42 Å². The summed E-state index contributed by atoms with van der Waals surface area (Å²) in [6.07, 6.45) is 2.39. The fraction of sp³-hybridized carbons (Fsp3) is 0.769. The number of rotatable bonds is 6. The average molecular weight is 267 g/mol. The van der Waals surface area contributed by atoms with Gasteiger partial charge in [0.1, 0.15) is 0 Å². The molecular weight excluding hydrogens is 246 g/mol. The van der Waals surface area contributed by atoms with Gasteiger partial charge in [-0.25, -0.2) is 4.79 Å². The van der Waals surface area contributed by atoms with E-state index in [1.807, 2.05) is 19.9 Å². The van der Waals surface area contributed by atoms with Gasteiger partial charge in [0.05, 0.1) is 17.9 Å². The van der Waals surface area contributed by atoms with Crippen molar-refractivity contribution in [3.05, 3.63) is 0 Å². The van der Waals surface area contributed by atoms with Crippen LogP contribution in [-0.2, 0) is 4.79 Å². The van der Waals surface area contributed by atoms with E-state index in [1.165, 1.54) is 0 Å². The van der Waals surface area contributed by atoms with Gasteiger partial charge in [-0.1, -0.05) is 6.42 Å². The molecule has 0 aliphatic heterocycles. The Morgan fingerprint density at radius 1 is 1.47 bits per heavy atom. The van der Waals surface area contributed by atoms with Crippen LogP contribution in [0.2, 0.25) is 0 Å². The van der Waals surface area contributed by atoms with Crippen LogP contribution in [0.15, 0.2) is 0 Å². The van der Waals surface area contributed by atoms with Crippen LogP contribution in [0.4, 0.5) is 4.79 Å². The molecule has 0 heterocycles.